The van der Waals surface area contributed by atoms with E-state index in [9.17, 15) is 14.4 Å². The van der Waals surface area contributed by atoms with Crippen LogP contribution >= 0.6 is 12.4 Å². The number of imidazole rings is 1. The molecule has 0 aromatic carbocycles. The van der Waals surface area contributed by atoms with E-state index in [1.807, 2.05) is 20.8 Å². The van der Waals surface area contributed by atoms with Crippen molar-refractivity contribution in [1.82, 2.24) is 24.0 Å². The highest BCUT2D eigenvalue weighted by atomic mass is 35.5. The number of carbonyl (C=O) groups is 1. The standard InChI is InChI=1S/C15H24N6O3.ClH/c1-9(2)15(3,7-16)18-10(22)6-21-13(23)11-12(17-8-19(11)4)20(5)14(21)24;/h8-9H,6-7,16H2,1-5H3,(H,18,22);1H. The van der Waals surface area contributed by atoms with Crippen LogP contribution in [0.15, 0.2) is 15.9 Å². The third-order valence-corrected chi connectivity index (χ3v) is 4.63. The summed E-state index contributed by atoms with van der Waals surface area (Å²) in [6.07, 6.45) is 1.46. The van der Waals surface area contributed by atoms with Gasteiger partial charge >= 0.3 is 5.69 Å². The molecular formula is C15H25ClN6O3. The average molecular weight is 373 g/mol. The summed E-state index contributed by atoms with van der Waals surface area (Å²) >= 11 is 0. The van der Waals surface area contributed by atoms with Crippen LogP contribution in [0.3, 0.4) is 0 Å². The zero-order valence-electron chi connectivity index (χ0n) is 15.1. The molecule has 1 atom stereocenters. The van der Waals surface area contributed by atoms with Gasteiger partial charge < -0.3 is 15.6 Å². The molecule has 2 aromatic rings. The Morgan fingerprint density at radius 1 is 1.36 bits per heavy atom. The smallest absolute Gasteiger partial charge is 0.332 e. The highest BCUT2D eigenvalue weighted by Crippen LogP contribution is 2.14. The van der Waals surface area contributed by atoms with E-state index < -0.39 is 22.7 Å². The quantitative estimate of drug-likeness (QED) is 0.723. The van der Waals surface area contributed by atoms with Gasteiger partial charge in [0.1, 0.15) is 6.54 Å². The molecule has 0 bridgehead atoms. The first-order chi connectivity index (χ1) is 11.1. The number of amides is 1. The third-order valence-electron chi connectivity index (χ3n) is 4.63. The number of halogens is 1. The molecule has 25 heavy (non-hydrogen) atoms. The third kappa shape index (κ3) is 3.62. The molecule has 2 rings (SSSR count). The molecule has 0 saturated carbocycles. The summed E-state index contributed by atoms with van der Waals surface area (Å²) in [5.74, 6) is -0.331. The van der Waals surface area contributed by atoms with Crippen LogP contribution in [0.2, 0.25) is 0 Å². The Labute approximate surface area is 151 Å². The lowest BCUT2D eigenvalue weighted by molar-refractivity contribution is -0.124. The van der Waals surface area contributed by atoms with Gasteiger partial charge in [0.2, 0.25) is 5.91 Å². The molecular weight excluding hydrogens is 348 g/mol. The van der Waals surface area contributed by atoms with Crippen molar-refractivity contribution in [1.29, 1.82) is 0 Å². The average Bonchev–Trinajstić information content (AvgIpc) is 2.91. The fourth-order valence-corrected chi connectivity index (χ4v) is 2.47. The largest absolute Gasteiger partial charge is 0.348 e. The highest BCUT2D eigenvalue weighted by Gasteiger charge is 2.29. The van der Waals surface area contributed by atoms with E-state index in [4.69, 9.17) is 5.73 Å². The van der Waals surface area contributed by atoms with E-state index in [1.165, 1.54) is 22.5 Å². The number of hydrogen-bond donors (Lipinski definition) is 2. The number of carbonyl (C=O) groups excluding carboxylic acids is 1. The van der Waals surface area contributed by atoms with Crippen molar-refractivity contribution in [3.8, 4) is 0 Å². The molecule has 3 N–H and O–H groups in total. The predicted octanol–water partition coefficient (Wildman–Crippen LogP) is -0.655. The van der Waals surface area contributed by atoms with E-state index >= 15 is 0 Å². The zero-order valence-corrected chi connectivity index (χ0v) is 15.9. The Bertz CT molecular complexity index is 897. The Kier molecular flexibility index (Phi) is 6.19. The Morgan fingerprint density at radius 2 is 1.96 bits per heavy atom. The molecule has 0 saturated heterocycles. The minimum Gasteiger partial charge on any atom is -0.348 e. The molecule has 2 heterocycles. The first-order valence-electron chi connectivity index (χ1n) is 7.74. The molecule has 1 amide bonds. The number of nitrogens with one attached hydrogen (secondary N) is 1. The zero-order chi connectivity index (χ0) is 18.2. The van der Waals surface area contributed by atoms with Gasteiger partial charge in [-0.05, 0) is 12.8 Å². The predicted molar refractivity (Wildman–Crippen MR) is 97.9 cm³/mol. The van der Waals surface area contributed by atoms with Crippen LogP contribution in [0, 0.1) is 5.92 Å². The first-order valence-corrected chi connectivity index (χ1v) is 7.74. The van der Waals surface area contributed by atoms with Gasteiger partial charge in [0.15, 0.2) is 11.2 Å². The number of aromatic nitrogens is 4. The van der Waals surface area contributed by atoms with Crippen molar-refractivity contribution in [3.63, 3.8) is 0 Å². The van der Waals surface area contributed by atoms with Crippen LogP contribution in [-0.4, -0.2) is 36.7 Å². The van der Waals surface area contributed by atoms with Gasteiger partial charge in [0.25, 0.3) is 5.56 Å². The normalized spacial score (nSPS) is 13.6. The van der Waals surface area contributed by atoms with Crippen molar-refractivity contribution < 1.29 is 4.79 Å². The Balaban J connectivity index is 0.00000312. The summed E-state index contributed by atoms with van der Waals surface area (Å²) in [7, 11) is 3.18. The lowest BCUT2D eigenvalue weighted by Crippen LogP contribution is -2.56. The van der Waals surface area contributed by atoms with E-state index in [0.717, 1.165) is 4.57 Å². The molecule has 0 aliphatic carbocycles. The highest BCUT2D eigenvalue weighted by molar-refractivity contribution is 5.85. The molecule has 1 unspecified atom stereocenters. The van der Waals surface area contributed by atoms with Gasteiger partial charge in [-0.2, -0.15) is 0 Å². The molecule has 9 nitrogen and oxygen atoms in total. The first kappa shape index (κ1) is 20.9. The summed E-state index contributed by atoms with van der Waals surface area (Å²) in [6.45, 7) is 5.61. The van der Waals surface area contributed by atoms with Crippen molar-refractivity contribution >= 4 is 29.5 Å². The fraction of sp³-hybridized carbons (Fsp3) is 0.600. The maximum Gasteiger partial charge on any atom is 0.332 e. The topological polar surface area (TPSA) is 117 Å². The van der Waals surface area contributed by atoms with E-state index in [-0.39, 0.29) is 42.6 Å². The van der Waals surface area contributed by atoms with Crippen LogP contribution in [-0.2, 0) is 25.4 Å². The minimum atomic E-state index is -0.609. The van der Waals surface area contributed by atoms with Gasteiger partial charge in [0, 0.05) is 20.6 Å². The molecule has 0 fully saturated rings. The second-order valence-electron chi connectivity index (χ2n) is 6.59. The lowest BCUT2D eigenvalue weighted by Gasteiger charge is -2.33. The number of rotatable bonds is 5. The molecule has 0 aliphatic rings. The monoisotopic (exact) mass is 372 g/mol. The maximum absolute atomic E-state index is 12.6. The Morgan fingerprint density at radius 3 is 2.48 bits per heavy atom. The van der Waals surface area contributed by atoms with Gasteiger partial charge in [-0.1, -0.05) is 13.8 Å². The number of nitrogens with two attached hydrogens (primary N) is 1. The molecule has 140 valence electrons. The number of fused-ring (bicyclic) bond motifs is 1. The van der Waals surface area contributed by atoms with Gasteiger partial charge in [-0.25, -0.2) is 14.3 Å². The molecule has 10 heteroatoms. The number of aryl methyl sites for hydroxylation is 2. The second-order valence-corrected chi connectivity index (χ2v) is 6.59. The molecule has 2 aromatic heterocycles. The van der Waals surface area contributed by atoms with Crippen LogP contribution in [0.25, 0.3) is 11.2 Å². The summed E-state index contributed by atoms with van der Waals surface area (Å²) < 4.78 is 3.70. The SMILES string of the molecule is CC(C)C(C)(CN)NC(=O)Cn1c(=O)c2c(ncn2C)n(C)c1=O.Cl. The summed E-state index contributed by atoms with van der Waals surface area (Å²) in [4.78, 5) is 41.4. The molecule has 0 aliphatic heterocycles. The summed E-state index contributed by atoms with van der Waals surface area (Å²) in [5, 5.41) is 2.83. The van der Waals surface area contributed by atoms with Crippen LogP contribution in [0.5, 0.6) is 0 Å². The number of hydrogen-bond acceptors (Lipinski definition) is 5. The summed E-state index contributed by atoms with van der Waals surface area (Å²) in [5.41, 5.74) is 4.59. The van der Waals surface area contributed by atoms with E-state index in [1.54, 1.807) is 7.05 Å². The van der Waals surface area contributed by atoms with Gasteiger partial charge in [-0.3, -0.25) is 14.2 Å². The van der Waals surface area contributed by atoms with Crippen molar-refractivity contribution in [2.45, 2.75) is 32.9 Å². The van der Waals surface area contributed by atoms with Crippen molar-refractivity contribution in [3.05, 3.63) is 27.2 Å². The van der Waals surface area contributed by atoms with Gasteiger partial charge in [0.05, 0.1) is 11.9 Å². The molecule has 0 radical (unpaired) electrons. The van der Waals surface area contributed by atoms with Crippen LogP contribution in [0.4, 0.5) is 0 Å². The Hall–Kier alpha value is -2.13. The minimum absolute atomic E-state index is 0. The fourth-order valence-electron chi connectivity index (χ4n) is 2.47. The van der Waals surface area contributed by atoms with Crippen LogP contribution in [0.1, 0.15) is 20.8 Å². The van der Waals surface area contributed by atoms with Crippen molar-refractivity contribution in [2.75, 3.05) is 6.54 Å². The lowest BCUT2D eigenvalue weighted by atomic mass is 9.88. The van der Waals surface area contributed by atoms with Crippen molar-refractivity contribution in [2.24, 2.45) is 25.7 Å². The summed E-state index contributed by atoms with van der Waals surface area (Å²) in [6, 6.07) is 0. The van der Waals surface area contributed by atoms with Crippen LogP contribution < -0.4 is 22.3 Å². The van der Waals surface area contributed by atoms with E-state index in [2.05, 4.69) is 10.3 Å². The molecule has 0 spiro atoms. The number of nitrogens with zero attached hydrogens (tertiary/aromatic N) is 4. The maximum atomic E-state index is 12.6. The second kappa shape index (κ2) is 7.40. The van der Waals surface area contributed by atoms with Gasteiger partial charge in [-0.15, -0.1) is 12.4 Å². The van der Waals surface area contributed by atoms with E-state index in [0.29, 0.717) is 0 Å².